The number of halogens is 3. The van der Waals surface area contributed by atoms with Crippen LogP contribution in [0.15, 0.2) is 42.5 Å². The third-order valence-electron chi connectivity index (χ3n) is 2.65. The zero-order valence-electron chi connectivity index (χ0n) is 9.95. The van der Waals surface area contributed by atoms with Crippen molar-refractivity contribution in [2.75, 3.05) is 6.54 Å². The molecule has 2 aromatic carbocycles. The van der Waals surface area contributed by atoms with Gasteiger partial charge >= 0.3 is 0 Å². The zero-order valence-corrected chi connectivity index (χ0v) is 10.7. The Bertz CT molecular complexity index is 577. The van der Waals surface area contributed by atoms with Crippen LogP contribution in [-0.2, 0) is 0 Å². The first kappa shape index (κ1) is 13.8. The molecular formula is C14H12ClF2NO. The Kier molecular flexibility index (Phi) is 4.35. The zero-order chi connectivity index (χ0) is 13.8. The summed E-state index contributed by atoms with van der Waals surface area (Å²) in [7, 11) is 0. The van der Waals surface area contributed by atoms with E-state index < -0.39 is 17.7 Å². The number of benzene rings is 2. The fourth-order valence-corrected chi connectivity index (χ4v) is 1.87. The molecular weight excluding hydrogens is 272 g/mol. The van der Waals surface area contributed by atoms with Gasteiger partial charge in [-0.25, -0.2) is 8.78 Å². The molecule has 2 rings (SSSR count). The number of nitrogens with two attached hydrogens (primary N) is 1. The second-order valence-corrected chi connectivity index (χ2v) is 4.32. The van der Waals surface area contributed by atoms with Crippen LogP contribution in [0.1, 0.15) is 11.7 Å². The van der Waals surface area contributed by atoms with Gasteiger partial charge in [-0.1, -0.05) is 35.9 Å². The van der Waals surface area contributed by atoms with Gasteiger partial charge in [0.05, 0.1) is 5.02 Å². The van der Waals surface area contributed by atoms with Crippen LogP contribution in [0.3, 0.4) is 0 Å². The molecule has 0 heterocycles. The molecule has 0 aliphatic rings. The number of hydrogen-bond acceptors (Lipinski definition) is 2. The Morgan fingerprint density at radius 1 is 1.11 bits per heavy atom. The third-order valence-corrected chi connectivity index (χ3v) is 2.94. The molecule has 0 fully saturated rings. The highest BCUT2D eigenvalue weighted by atomic mass is 35.5. The monoisotopic (exact) mass is 283 g/mol. The van der Waals surface area contributed by atoms with Gasteiger partial charge in [0.1, 0.15) is 11.9 Å². The first-order valence-electron chi connectivity index (χ1n) is 5.68. The van der Waals surface area contributed by atoms with Crippen molar-refractivity contribution in [2.24, 2.45) is 5.73 Å². The summed E-state index contributed by atoms with van der Waals surface area (Å²) in [5, 5.41) is -0.0539. The van der Waals surface area contributed by atoms with E-state index in [2.05, 4.69) is 0 Å². The minimum atomic E-state index is -0.769. The van der Waals surface area contributed by atoms with E-state index in [1.54, 1.807) is 24.3 Å². The van der Waals surface area contributed by atoms with Gasteiger partial charge in [-0.3, -0.25) is 0 Å². The molecule has 19 heavy (non-hydrogen) atoms. The summed E-state index contributed by atoms with van der Waals surface area (Å²) in [5.74, 6) is -1.18. The smallest absolute Gasteiger partial charge is 0.183 e. The molecule has 0 amide bonds. The van der Waals surface area contributed by atoms with E-state index in [0.717, 1.165) is 0 Å². The van der Waals surface area contributed by atoms with Gasteiger partial charge in [-0.05, 0) is 18.2 Å². The Balaban J connectivity index is 2.30. The van der Waals surface area contributed by atoms with Crippen molar-refractivity contribution in [3.63, 3.8) is 0 Å². The highest BCUT2D eigenvalue weighted by Gasteiger charge is 2.18. The minimum Gasteiger partial charge on any atom is -0.481 e. The second kappa shape index (κ2) is 5.99. The van der Waals surface area contributed by atoms with Crippen molar-refractivity contribution in [3.05, 3.63) is 64.7 Å². The van der Waals surface area contributed by atoms with E-state index in [1.807, 2.05) is 0 Å². The van der Waals surface area contributed by atoms with Gasteiger partial charge in [-0.15, -0.1) is 0 Å². The molecule has 0 saturated carbocycles. The van der Waals surface area contributed by atoms with Crippen LogP contribution in [0, 0.1) is 11.6 Å². The van der Waals surface area contributed by atoms with Gasteiger partial charge in [0.2, 0.25) is 0 Å². The highest BCUT2D eigenvalue weighted by molar-refractivity contribution is 6.30. The summed E-state index contributed by atoms with van der Waals surface area (Å²) >= 11 is 5.66. The van der Waals surface area contributed by atoms with E-state index in [9.17, 15) is 8.78 Å². The number of rotatable bonds is 4. The Labute approximate surface area is 114 Å². The van der Waals surface area contributed by atoms with Crippen LogP contribution in [0.4, 0.5) is 8.78 Å². The predicted octanol–water partition coefficient (Wildman–Crippen LogP) is 3.70. The van der Waals surface area contributed by atoms with Crippen LogP contribution in [0.5, 0.6) is 5.75 Å². The Morgan fingerprint density at radius 3 is 2.53 bits per heavy atom. The van der Waals surface area contributed by atoms with Crippen molar-refractivity contribution in [1.29, 1.82) is 0 Å². The van der Waals surface area contributed by atoms with Crippen LogP contribution in [-0.4, -0.2) is 6.54 Å². The summed E-state index contributed by atoms with van der Waals surface area (Å²) in [5.41, 5.74) is 5.84. The third kappa shape index (κ3) is 3.03. The maximum Gasteiger partial charge on any atom is 0.183 e. The van der Waals surface area contributed by atoms with Gasteiger partial charge in [0.15, 0.2) is 11.6 Å². The van der Waals surface area contributed by atoms with Crippen molar-refractivity contribution in [1.82, 2.24) is 0 Å². The fourth-order valence-electron chi connectivity index (χ4n) is 1.70. The Morgan fingerprint density at radius 2 is 1.84 bits per heavy atom. The summed E-state index contributed by atoms with van der Waals surface area (Å²) in [4.78, 5) is 0. The maximum atomic E-state index is 13.7. The van der Waals surface area contributed by atoms with Crippen molar-refractivity contribution in [3.8, 4) is 5.75 Å². The summed E-state index contributed by atoms with van der Waals surface area (Å²) < 4.78 is 32.8. The van der Waals surface area contributed by atoms with Crippen LogP contribution < -0.4 is 10.5 Å². The fraction of sp³-hybridized carbons (Fsp3) is 0.143. The first-order valence-corrected chi connectivity index (χ1v) is 6.06. The summed E-state index contributed by atoms with van der Waals surface area (Å²) in [6.45, 7) is 0.0207. The van der Waals surface area contributed by atoms with Gasteiger partial charge < -0.3 is 10.5 Å². The van der Waals surface area contributed by atoms with E-state index in [1.165, 1.54) is 18.2 Å². The Hall–Kier alpha value is -1.65. The lowest BCUT2D eigenvalue weighted by Crippen LogP contribution is -2.20. The maximum absolute atomic E-state index is 13.7. The highest BCUT2D eigenvalue weighted by Crippen LogP contribution is 2.29. The minimum absolute atomic E-state index is 0.0207. The van der Waals surface area contributed by atoms with Crippen LogP contribution in [0.25, 0.3) is 0 Å². The molecule has 100 valence electrons. The summed E-state index contributed by atoms with van der Waals surface area (Å²) in [6.07, 6.45) is -0.769. The molecule has 0 radical (unpaired) electrons. The van der Waals surface area contributed by atoms with E-state index in [4.69, 9.17) is 22.1 Å². The molecule has 2 aromatic rings. The molecule has 5 heteroatoms. The van der Waals surface area contributed by atoms with E-state index in [-0.39, 0.29) is 22.9 Å². The molecule has 1 atom stereocenters. The molecule has 0 bridgehead atoms. The van der Waals surface area contributed by atoms with Crippen LogP contribution >= 0.6 is 11.6 Å². The predicted molar refractivity (Wildman–Crippen MR) is 70.2 cm³/mol. The molecule has 2 nitrogen and oxygen atoms in total. The van der Waals surface area contributed by atoms with Gasteiger partial charge in [-0.2, -0.15) is 0 Å². The molecule has 0 spiro atoms. The lowest BCUT2D eigenvalue weighted by atomic mass is 10.1. The second-order valence-electron chi connectivity index (χ2n) is 3.92. The average Bonchev–Trinajstić information content (AvgIpc) is 2.41. The lowest BCUT2D eigenvalue weighted by Gasteiger charge is -2.19. The standard InChI is InChI=1S/C14H12ClF2NO/c15-10-5-3-7-12(14(10)17)19-13(8-18)9-4-1-2-6-11(9)16/h1-7,13H,8,18H2. The van der Waals surface area contributed by atoms with E-state index in [0.29, 0.717) is 0 Å². The van der Waals surface area contributed by atoms with Crippen LogP contribution in [0.2, 0.25) is 5.02 Å². The van der Waals surface area contributed by atoms with Gasteiger partial charge in [0.25, 0.3) is 0 Å². The molecule has 0 saturated heterocycles. The molecule has 0 aliphatic carbocycles. The first-order chi connectivity index (χ1) is 9.13. The quantitative estimate of drug-likeness (QED) is 0.929. The van der Waals surface area contributed by atoms with Crippen molar-refractivity contribution < 1.29 is 13.5 Å². The van der Waals surface area contributed by atoms with Gasteiger partial charge in [0, 0.05) is 12.1 Å². The molecule has 0 aromatic heterocycles. The average molecular weight is 284 g/mol. The van der Waals surface area contributed by atoms with Crippen molar-refractivity contribution in [2.45, 2.75) is 6.10 Å². The normalized spacial score (nSPS) is 12.2. The number of hydrogen-bond donors (Lipinski definition) is 1. The van der Waals surface area contributed by atoms with E-state index >= 15 is 0 Å². The van der Waals surface area contributed by atoms with Crippen molar-refractivity contribution >= 4 is 11.6 Å². The molecule has 1 unspecified atom stereocenters. The molecule has 2 N–H and O–H groups in total. The molecule has 0 aliphatic heterocycles. The SMILES string of the molecule is NCC(Oc1cccc(Cl)c1F)c1ccccc1F. The largest absolute Gasteiger partial charge is 0.481 e. The topological polar surface area (TPSA) is 35.2 Å². The summed E-state index contributed by atoms with van der Waals surface area (Å²) in [6, 6.07) is 10.5. The number of ether oxygens (including phenoxy) is 1. The lowest BCUT2D eigenvalue weighted by molar-refractivity contribution is 0.200.